The Morgan fingerprint density at radius 2 is 2.14 bits per heavy atom. The number of carboxylic acid groups (broad SMARTS) is 1. The summed E-state index contributed by atoms with van der Waals surface area (Å²) < 4.78 is 7.60. The second-order valence-corrected chi connectivity index (χ2v) is 7.37. The summed E-state index contributed by atoms with van der Waals surface area (Å²) in [5.74, 6) is 1.12. The third-order valence-corrected chi connectivity index (χ3v) is 5.52. The van der Waals surface area contributed by atoms with Crippen molar-refractivity contribution < 1.29 is 19.4 Å². The predicted molar refractivity (Wildman–Crippen MR) is 110 cm³/mol. The zero-order chi connectivity index (χ0) is 19.8. The van der Waals surface area contributed by atoms with Crippen molar-refractivity contribution in [3.05, 3.63) is 48.0 Å². The van der Waals surface area contributed by atoms with Crippen LogP contribution in [-0.4, -0.2) is 47.0 Å². The van der Waals surface area contributed by atoms with Gasteiger partial charge in [-0.1, -0.05) is 22.6 Å². The molecule has 3 aromatic rings. The molecular weight excluding hydrogens is 475 g/mol. The summed E-state index contributed by atoms with van der Waals surface area (Å²) in [4.78, 5) is 33.8. The molecule has 1 amide bonds. The minimum absolute atomic E-state index is 0.0372. The Morgan fingerprint density at radius 1 is 1.32 bits per heavy atom. The molecule has 1 aromatic carbocycles. The first-order valence-electron chi connectivity index (χ1n) is 8.68. The molecule has 0 spiro atoms. The molecule has 1 N–H and O–H groups in total. The molecule has 0 bridgehead atoms. The van der Waals surface area contributed by atoms with Gasteiger partial charge < -0.3 is 14.7 Å². The van der Waals surface area contributed by atoms with Crippen LogP contribution in [-0.2, 0) is 17.8 Å². The number of hydrogen-bond acceptors (Lipinski definition) is 5. The van der Waals surface area contributed by atoms with Crippen molar-refractivity contribution in [2.24, 2.45) is 0 Å². The van der Waals surface area contributed by atoms with Gasteiger partial charge in [0.1, 0.15) is 12.1 Å². The lowest BCUT2D eigenvalue weighted by Gasteiger charge is -2.34. The summed E-state index contributed by atoms with van der Waals surface area (Å²) >= 11 is 2.07. The second-order valence-electron chi connectivity index (χ2n) is 6.60. The fourth-order valence-electron chi connectivity index (χ4n) is 3.46. The number of ether oxygens (including phenoxy) is 1. The number of rotatable bonds is 3. The van der Waals surface area contributed by atoms with Crippen LogP contribution in [0.3, 0.4) is 0 Å². The van der Waals surface area contributed by atoms with Gasteiger partial charge >= 0.3 is 6.09 Å². The lowest BCUT2D eigenvalue weighted by Crippen LogP contribution is -2.43. The van der Waals surface area contributed by atoms with E-state index in [-0.39, 0.29) is 11.9 Å². The van der Waals surface area contributed by atoms with Crippen molar-refractivity contribution in [2.45, 2.75) is 25.9 Å². The van der Waals surface area contributed by atoms with E-state index in [9.17, 15) is 14.7 Å². The lowest BCUT2D eigenvalue weighted by atomic mass is 9.99. The van der Waals surface area contributed by atoms with Crippen molar-refractivity contribution >= 4 is 45.5 Å². The van der Waals surface area contributed by atoms with Gasteiger partial charge in [0.15, 0.2) is 0 Å². The van der Waals surface area contributed by atoms with E-state index < -0.39 is 6.09 Å². The van der Waals surface area contributed by atoms with E-state index in [1.807, 2.05) is 11.8 Å². The zero-order valence-corrected chi connectivity index (χ0v) is 17.2. The number of aromatic nitrogens is 3. The molecule has 144 valence electrons. The van der Waals surface area contributed by atoms with Crippen LogP contribution in [0.5, 0.6) is 11.6 Å². The molecule has 1 aliphatic rings. The molecule has 1 aliphatic heterocycles. The van der Waals surface area contributed by atoms with E-state index in [0.29, 0.717) is 34.5 Å². The first kappa shape index (κ1) is 18.7. The first-order chi connectivity index (χ1) is 13.5. The van der Waals surface area contributed by atoms with E-state index in [4.69, 9.17) is 4.74 Å². The van der Waals surface area contributed by atoms with E-state index in [1.165, 1.54) is 12.5 Å². The van der Waals surface area contributed by atoms with Crippen LogP contribution in [0, 0.1) is 0 Å². The van der Waals surface area contributed by atoms with Gasteiger partial charge in [-0.3, -0.25) is 9.36 Å². The smallest absolute Gasteiger partial charge is 0.415 e. The Kier molecular flexibility index (Phi) is 4.92. The Morgan fingerprint density at radius 3 is 2.89 bits per heavy atom. The predicted octanol–water partition coefficient (Wildman–Crippen LogP) is 3.46. The van der Waals surface area contributed by atoms with Gasteiger partial charge in [-0.2, -0.15) is 0 Å². The van der Waals surface area contributed by atoms with Gasteiger partial charge in [-0.25, -0.2) is 14.8 Å². The number of fused-ring (bicyclic) bond motifs is 2. The molecule has 8 nitrogen and oxygen atoms in total. The number of nitrogens with zero attached hydrogens (tertiary/aromatic N) is 4. The summed E-state index contributed by atoms with van der Waals surface area (Å²) in [7, 11) is 0. The number of amides is 1. The third kappa shape index (κ3) is 3.30. The normalized spacial score (nSPS) is 16.1. The summed E-state index contributed by atoms with van der Waals surface area (Å²) in [6.45, 7) is 2.45. The van der Waals surface area contributed by atoms with Crippen LogP contribution < -0.4 is 4.74 Å². The third-order valence-electron chi connectivity index (χ3n) is 4.86. The van der Waals surface area contributed by atoms with E-state index in [1.54, 1.807) is 24.3 Å². The van der Waals surface area contributed by atoms with Crippen LogP contribution >= 0.6 is 22.6 Å². The van der Waals surface area contributed by atoms with Crippen LogP contribution in [0.25, 0.3) is 10.9 Å². The second kappa shape index (κ2) is 7.38. The van der Waals surface area contributed by atoms with Crippen LogP contribution in [0.1, 0.15) is 18.2 Å². The highest BCUT2D eigenvalue weighted by molar-refractivity contribution is 14.1. The maximum atomic E-state index is 12.1. The van der Waals surface area contributed by atoms with Gasteiger partial charge in [0.2, 0.25) is 11.8 Å². The highest BCUT2D eigenvalue weighted by atomic mass is 127. The van der Waals surface area contributed by atoms with Gasteiger partial charge in [0, 0.05) is 23.2 Å². The quantitative estimate of drug-likeness (QED) is 0.445. The summed E-state index contributed by atoms with van der Waals surface area (Å²) in [5, 5.41) is 9.96. The van der Waals surface area contributed by atoms with Crippen molar-refractivity contribution in [3.63, 3.8) is 0 Å². The van der Waals surface area contributed by atoms with Crippen LogP contribution in [0.2, 0.25) is 0 Å². The number of hydrogen-bond donors (Lipinski definition) is 1. The summed E-state index contributed by atoms with van der Waals surface area (Å²) in [6.07, 6.45) is 2.53. The van der Waals surface area contributed by atoms with Crippen LogP contribution in [0.4, 0.5) is 4.79 Å². The van der Waals surface area contributed by atoms with Crippen molar-refractivity contribution in [2.75, 3.05) is 4.43 Å². The maximum Gasteiger partial charge on any atom is 0.415 e. The minimum atomic E-state index is -1.03. The average molecular weight is 492 g/mol. The number of carbonyl (C=O) groups is 2. The highest BCUT2D eigenvalue weighted by Gasteiger charge is 2.29. The minimum Gasteiger partial charge on any atom is -0.464 e. The highest BCUT2D eigenvalue weighted by Crippen LogP contribution is 2.32. The number of benzene rings is 1. The average Bonchev–Trinajstić information content (AvgIpc) is 3.11. The molecule has 0 aliphatic carbocycles. The largest absolute Gasteiger partial charge is 0.464 e. The number of halogens is 1. The number of carbonyl (C=O) groups excluding carboxylic acids is 1. The number of alkyl halides is 1. The molecule has 4 rings (SSSR count). The van der Waals surface area contributed by atoms with Gasteiger partial charge in [-0.15, -0.1) is 0 Å². The molecule has 0 saturated heterocycles. The fourth-order valence-corrected chi connectivity index (χ4v) is 3.89. The van der Waals surface area contributed by atoms with Crippen LogP contribution in [0.15, 0.2) is 36.8 Å². The summed E-state index contributed by atoms with van der Waals surface area (Å²) in [5.41, 5.74) is 2.28. The SMILES string of the molecule is CC1Cc2c(ncnc2Oc2ccc3c(ccn3C(=O)O)c2)CN1C(=O)CI. The van der Waals surface area contributed by atoms with Gasteiger partial charge in [0.25, 0.3) is 0 Å². The molecule has 9 heteroatoms. The molecule has 0 radical (unpaired) electrons. The Labute approximate surface area is 174 Å². The summed E-state index contributed by atoms with van der Waals surface area (Å²) in [6, 6.07) is 6.96. The molecule has 28 heavy (non-hydrogen) atoms. The fraction of sp³-hybridized carbons (Fsp3) is 0.263. The lowest BCUT2D eigenvalue weighted by molar-refractivity contribution is -0.131. The van der Waals surface area contributed by atoms with Gasteiger partial charge in [-0.05, 0) is 37.6 Å². The Bertz CT molecular complexity index is 1080. The molecule has 2 aromatic heterocycles. The Balaban J connectivity index is 1.64. The first-order valence-corrected chi connectivity index (χ1v) is 10.2. The standard InChI is InChI=1S/C19H17IN4O4/c1-11-6-14-15(9-24(11)17(25)8-20)21-10-22-18(14)28-13-2-3-16-12(7-13)4-5-23(16)19(26)27/h2-5,7,10-11H,6,8-9H2,1H3,(H,26,27). The molecule has 1 atom stereocenters. The van der Waals surface area contributed by atoms with Crippen molar-refractivity contribution in [3.8, 4) is 11.6 Å². The van der Waals surface area contributed by atoms with E-state index in [2.05, 4.69) is 32.6 Å². The van der Waals surface area contributed by atoms with Crippen molar-refractivity contribution in [1.82, 2.24) is 19.4 Å². The Hall–Kier alpha value is -2.69. The molecule has 0 fully saturated rings. The monoisotopic (exact) mass is 492 g/mol. The maximum absolute atomic E-state index is 12.1. The molecular formula is C19H17IN4O4. The topological polar surface area (TPSA) is 97.6 Å². The van der Waals surface area contributed by atoms with E-state index >= 15 is 0 Å². The van der Waals surface area contributed by atoms with Gasteiger partial charge in [0.05, 0.1) is 22.2 Å². The molecule has 0 saturated carbocycles. The molecule has 3 heterocycles. The van der Waals surface area contributed by atoms with E-state index in [0.717, 1.165) is 21.2 Å². The van der Waals surface area contributed by atoms with Crippen molar-refractivity contribution in [1.29, 1.82) is 0 Å². The molecule has 1 unspecified atom stereocenters. The zero-order valence-electron chi connectivity index (χ0n) is 15.0.